The normalized spacial score (nSPS) is 13.8. The third-order valence-corrected chi connectivity index (χ3v) is 2.98. The van der Waals surface area contributed by atoms with Gasteiger partial charge in [-0.2, -0.15) is 0 Å². The number of nitrogens with one attached hydrogen (secondary N) is 1. The van der Waals surface area contributed by atoms with Crippen LogP contribution in [0, 0.1) is 13.8 Å². The van der Waals surface area contributed by atoms with Crippen molar-refractivity contribution in [3.05, 3.63) is 23.2 Å². The Balaban J connectivity index is 2.25. The summed E-state index contributed by atoms with van der Waals surface area (Å²) in [6.07, 6.45) is 2.55. The molecule has 18 heavy (non-hydrogen) atoms. The van der Waals surface area contributed by atoms with Crippen LogP contribution in [-0.4, -0.2) is 17.6 Å². The van der Waals surface area contributed by atoms with Crippen molar-refractivity contribution in [1.82, 2.24) is 5.32 Å². The first-order valence-corrected chi connectivity index (χ1v) is 6.31. The van der Waals surface area contributed by atoms with E-state index in [9.17, 15) is 0 Å². The van der Waals surface area contributed by atoms with Crippen molar-refractivity contribution >= 4 is 5.84 Å². The van der Waals surface area contributed by atoms with Gasteiger partial charge in [-0.15, -0.1) is 0 Å². The van der Waals surface area contributed by atoms with Crippen LogP contribution in [0.2, 0.25) is 0 Å². The summed E-state index contributed by atoms with van der Waals surface area (Å²) in [5.74, 6) is 2.22. The maximum Gasteiger partial charge on any atom is 0.139 e. The molecule has 4 N–H and O–H groups in total. The quantitative estimate of drug-likeness (QED) is 0.229. The van der Waals surface area contributed by atoms with Crippen molar-refractivity contribution in [2.75, 3.05) is 6.54 Å². The molecule has 1 rings (SSSR count). The third-order valence-electron chi connectivity index (χ3n) is 2.98. The van der Waals surface area contributed by atoms with Gasteiger partial charge in [-0.05, 0) is 46.2 Å². The number of unbranched alkanes of at least 4 members (excludes halogenated alkanes) is 1. The molecule has 1 aromatic heterocycles. The van der Waals surface area contributed by atoms with Crippen molar-refractivity contribution in [2.45, 2.75) is 46.1 Å². The highest BCUT2D eigenvalue weighted by Gasteiger charge is 2.11. The molecule has 0 saturated heterocycles. The molecule has 0 fully saturated rings. The number of hydrogen-bond acceptors (Lipinski definition) is 4. The molecular weight excluding hydrogens is 230 g/mol. The average molecular weight is 253 g/mol. The SMILES string of the molecule is Cc1cc(C(C)NCCCCC(N)=NO)c(C)o1. The fourth-order valence-corrected chi connectivity index (χ4v) is 1.99. The number of aryl methyl sites for hydroxylation is 2. The van der Waals surface area contributed by atoms with Crippen LogP contribution in [0.3, 0.4) is 0 Å². The van der Waals surface area contributed by atoms with E-state index in [1.807, 2.05) is 13.8 Å². The molecule has 1 aromatic rings. The van der Waals surface area contributed by atoms with Crippen molar-refractivity contribution in [2.24, 2.45) is 10.9 Å². The smallest absolute Gasteiger partial charge is 0.139 e. The van der Waals surface area contributed by atoms with Crippen LogP contribution in [0.15, 0.2) is 15.6 Å². The van der Waals surface area contributed by atoms with E-state index in [2.05, 4.69) is 23.5 Å². The standard InChI is InChI=1S/C13H23N3O2/c1-9-8-12(11(3)18-9)10(2)15-7-5-4-6-13(14)16-17/h8,10,15,17H,4-7H2,1-3H3,(H2,14,16). The highest BCUT2D eigenvalue weighted by Crippen LogP contribution is 2.20. The largest absolute Gasteiger partial charge is 0.466 e. The second-order valence-corrected chi connectivity index (χ2v) is 4.59. The summed E-state index contributed by atoms with van der Waals surface area (Å²) in [4.78, 5) is 0. The lowest BCUT2D eigenvalue weighted by atomic mass is 10.1. The van der Waals surface area contributed by atoms with E-state index in [1.54, 1.807) is 0 Å². The molecule has 0 aromatic carbocycles. The van der Waals surface area contributed by atoms with Crippen LogP contribution >= 0.6 is 0 Å². The van der Waals surface area contributed by atoms with E-state index < -0.39 is 0 Å². The summed E-state index contributed by atoms with van der Waals surface area (Å²) in [6.45, 7) is 6.98. The van der Waals surface area contributed by atoms with Crippen LogP contribution < -0.4 is 11.1 Å². The van der Waals surface area contributed by atoms with Gasteiger partial charge in [0.2, 0.25) is 0 Å². The molecule has 5 nitrogen and oxygen atoms in total. The molecule has 1 unspecified atom stereocenters. The van der Waals surface area contributed by atoms with Crippen LogP contribution in [0.25, 0.3) is 0 Å². The molecule has 0 radical (unpaired) electrons. The van der Waals surface area contributed by atoms with Gasteiger partial charge in [-0.25, -0.2) is 0 Å². The number of oxime groups is 1. The second-order valence-electron chi connectivity index (χ2n) is 4.59. The third kappa shape index (κ3) is 4.41. The van der Waals surface area contributed by atoms with E-state index >= 15 is 0 Å². The number of amidine groups is 1. The van der Waals surface area contributed by atoms with Crippen LogP contribution in [0.1, 0.15) is 49.3 Å². The fourth-order valence-electron chi connectivity index (χ4n) is 1.99. The van der Waals surface area contributed by atoms with Crippen LogP contribution in [0.4, 0.5) is 0 Å². The van der Waals surface area contributed by atoms with Crippen LogP contribution in [0.5, 0.6) is 0 Å². The lowest BCUT2D eigenvalue weighted by molar-refractivity contribution is 0.316. The van der Waals surface area contributed by atoms with E-state index in [0.717, 1.165) is 30.9 Å². The monoisotopic (exact) mass is 253 g/mol. The summed E-state index contributed by atoms with van der Waals surface area (Å²) in [6, 6.07) is 2.36. The number of nitrogens with two attached hydrogens (primary N) is 1. The van der Waals surface area contributed by atoms with Crippen molar-refractivity contribution in [3.8, 4) is 0 Å². The highest BCUT2D eigenvalue weighted by atomic mass is 16.4. The molecule has 0 aliphatic heterocycles. The summed E-state index contributed by atoms with van der Waals surface area (Å²) in [5.41, 5.74) is 6.61. The summed E-state index contributed by atoms with van der Waals surface area (Å²) >= 11 is 0. The van der Waals surface area contributed by atoms with Gasteiger partial charge in [0.05, 0.1) is 0 Å². The Hall–Kier alpha value is -1.49. The predicted molar refractivity (Wildman–Crippen MR) is 71.9 cm³/mol. The Labute approximate surface area is 108 Å². The van der Waals surface area contributed by atoms with Gasteiger partial charge in [0, 0.05) is 18.0 Å². The Morgan fingerprint density at radius 1 is 1.50 bits per heavy atom. The first-order chi connectivity index (χ1) is 8.54. The van der Waals surface area contributed by atoms with Crippen LogP contribution in [-0.2, 0) is 0 Å². The number of furan rings is 1. The maximum atomic E-state index is 8.40. The van der Waals surface area contributed by atoms with E-state index in [4.69, 9.17) is 15.4 Å². The Kier molecular flexibility index (Phi) is 5.71. The van der Waals surface area contributed by atoms with Gasteiger partial charge in [0.15, 0.2) is 0 Å². The highest BCUT2D eigenvalue weighted by molar-refractivity contribution is 5.79. The zero-order valence-corrected chi connectivity index (χ0v) is 11.4. The summed E-state index contributed by atoms with van der Waals surface area (Å²) in [5, 5.41) is 14.8. The Morgan fingerprint density at radius 3 is 2.78 bits per heavy atom. The van der Waals surface area contributed by atoms with Gasteiger partial charge in [0.1, 0.15) is 17.4 Å². The molecule has 0 spiro atoms. The molecule has 102 valence electrons. The molecule has 0 bridgehead atoms. The first kappa shape index (κ1) is 14.6. The van der Waals surface area contributed by atoms with Gasteiger partial charge in [0.25, 0.3) is 0 Å². The molecule has 0 saturated carbocycles. The maximum absolute atomic E-state index is 8.40. The minimum Gasteiger partial charge on any atom is -0.466 e. The lowest BCUT2D eigenvalue weighted by Gasteiger charge is -2.12. The Morgan fingerprint density at radius 2 is 2.22 bits per heavy atom. The van der Waals surface area contributed by atoms with Gasteiger partial charge in [-0.1, -0.05) is 5.16 Å². The minimum atomic E-state index is 0.284. The van der Waals surface area contributed by atoms with E-state index in [1.165, 1.54) is 5.56 Å². The van der Waals surface area contributed by atoms with Gasteiger partial charge < -0.3 is 20.7 Å². The zero-order valence-electron chi connectivity index (χ0n) is 11.4. The van der Waals surface area contributed by atoms with Gasteiger partial charge >= 0.3 is 0 Å². The second kappa shape index (κ2) is 7.06. The van der Waals surface area contributed by atoms with Crippen molar-refractivity contribution < 1.29 is 9.62 Å². The summed E-state index contributed by atoms with van der Waals surface area (Å²) < 4.78 is 5.51. The predicted octanol–water partition coefficient (Wildman–Crippen LogP) is 2.46. The number of nitrogens with zero attached hydrogens (tertiary/aromatic N) is 1. The fraction of sp³-hybridized carbons (Fsp3) is 0.615. The molecule has 0 aliphatic carbocycles. The molecule has 0 aliphatic rings. The summed E-state index contributed by atoms with van der Waals surface area (Å²) in [7, 11) is 0. The number of rotatable bonds is 7. The van der Waals surface area contributed by atoms with Gasteiger partial charge in [-0.3, -0.25) is 0 Å². The molecule has 5 heteroatoms. The number of hydrogen-bond donors (Lipinski definition) is 3. The molecule has 1 heterocycles. The van der Waals surface area contributed by atoms with E-state index in [0.29, 0.717) is 12.3 Å². The topological polar surface area (TPSA) is 83.8 Å². The van der Waals surface area contributed by atoms with E-state index in [-0.39, 0.29) is 6.04 Å². The van der Waals surface area contributed by atoms with Crippen molar-refractivity contribution in [3.63, 3.8) is 0 Å². The molecule has 1 atom stereocenters. The molecule has 0 amide bonds. The molecular formula is C13H23N3O2. The zero-order chi connectivity index (χ0) is 13.5. The minimum absolute atomic E-state index is 0.284. The Bertz CT molecular complexity index is 399. The van der Waals surface area contributed by atoms with Crippen molar-refractivity contribution in [1.29, 1.82) is 0 Å². The average Bonchev–Trinajstić information content (AvgIpc) is 2.67. The lowest BCUT2D eigenvalue weighted by Crippen LogP contribution is -2.20. The first-order valence-electron chi connectivity index (χ1n) is 6.31.